The summed E-state index contributed by atoms with van der Waals surface area (Å²) in [6.45, 7) is 3.79. The molecule has 1 fully saturated rings. The normalized spacial score (nSPS) is 12.8. The molecule has 2 aromatic carbocycles. The number of anilines is 1. The fraction of sp³-hybridized carbons (Fsp3) is 0.273. The molecule has 144 valence electrons. The summed E-state index contributed by atoms with van der Waals surface area (Å²) in [7, 11) is 0. The van der Waals surface area contributed by atoms with Crippen LogP contribution >= 0.6 is 0 Å². The van der Waals surface area contributed by atoms with Crippen molar-refractivity contribution in [1.29, 1.82) is 0 Å². The SMILES string of the molecule is CCOc1ccc(CC(=O)NCC#Cc2ccc(N3CCOC3=O)cc2)cc1. The van der Waals surface area contributed by atoms with Crippen molar-refractivity contribution < 1.29 is 19.1 Å². The van der Waals surface area contributed by atoms with Gasteiger partial charge in [0.25, 0.3) is 0 Å². The standard InChI is InChI=1S/C22H22N2O4/c1-2-27-20-11-7-18(8-12-20)16-21(25)23-13-3-4-17-5-9-19(10-6-17)24-14-15-28-22(24)26/h5-12H,2,13-16H2,1H3,(H,23,25). The Bertz CT molecular complexity index is 879. The molecule has 1 saturated heterocycles. The second kappa shape index (κ2) is 9.47. The molecule has 0 spiro atoms. The summed E-state index contributed by atoms with van der Waals surface area (Å²) in [4.78, 5) is 25.1. The van der Waals surface area contributed by atoms with Crippen LogP contribution in [0.15, 0.2) is 48.5 Å². The zero-order valence-electron chi connectivity index (χ0n) is 15.7. The van der Waals surface area contributed by atoms with Gasteiger partial charge in [-0.2, -0.15) is 0 Å². The number of ether oxygens (including phenoxy) is 2. The number of rotatable bonds is 6. The lowest BCUT2D eigenvalue weighted by Crippen LogP contribution is -2.25. The van der Waals surface area contributed by atoms with Crippen LogP contribution in [0.5, 0.6) is 5.75 Å². The van der Waals surface area contributed by atoms with Gasteiger partial charge in [-0.05, 0) is 48.9 Å². The minimum absolute atomic E-state index is 0.0821. The van der Waals surface area contributed by atoms with E-state index >= 15 is 0 Å². The van der Waals surface area contributed by atoms with Crippen molar-refractivity contribution in [2.45, 2.75) is 13.3 Å². The van der Waals surface area contributed by atoms with E-state index in [2.05, 4.69) is 17.2 Å². The number of benzene rings is 2. The van der Waals surface area contributed by atoms with Crippen LogP contribution in [0.3, 0.4) is 0 Å². The van der Waals surface area contributed by atoms with Crippen molar-refractivity contribution in [2.24, 2.45) is 0 Å². The number of hydrogen-bond donors (Lipinski definition) is 1. The molecule has 6 nitrogen and oxygen atoms in total. The highest BCUT2D eigenvalue weighted by Crippen LogP contribution is 2.18. The third kappa shape index (κ3) is 5.27. The number of hydrogen-bond acceptors (Lipinski definition) is 4. The first-order valence-electron chi connectivity index (χ1n) is 9.17. The maximum absolute atomic E-state index is 12.0. The van der Waals surface area contributed by atoms with Crippen LogP contribution in [0.1, 0.15) is 18.1 Å². The van der Waals surface area contributed by atoms with Crippen LogP contribution < -0.4 is 15.0 Å². The van der Waals surface area contributed by atoms with E-state index in [0.29, 0.717) is 26.2 Å². The van der Waals surface area contributed by atoms with Crippen LogP contribution in [0.4, 0.5) is 10.5 Å². The molecule has 3 rings (SSSR count). The minimum Gasteiger partial charge on any atom is -0.494 e. The molecule has 2 amide bonds. The first kappa shape index (κ1) is 19.3. The number of cyclic esters (lactones) is 1. The lowest BCUT2D eigenvalue weighted by molar-refractivity contribution is -0.120. The second-order valence-electron chi connectivity index (χ2n) is 6.15. The first-order chi connectivity index (χ1) is 13.7. The summed E-state index contributed by atoms with van der Waals surface area (Å²) < 4.78 is 10.3. The molecular formula is C22H22N2O4. The van der Waals surface area contributed by atoms with Crippen molar-refractivity contribution in [2.75, 3.05) is 31.2 Å². The molecule has 0 bridgehead atoms. The molecule has 6 heteroatoms. The Morgan fingerprint density at radius 3 is 2.57 bits per heavy atom. The number of amides is 2. The van der Waals surface area contributed by atoms with Crippen LogP contribution in [-0.2, 0) is 16.0 Å². The first-order valence-corrected chi connectivity index (χ1v) is 9.17. The second-order valence-corrected chi connectivity index (χ2v) is 6.15. The van der Waals surface area contributed by atoms with E-state index in [-0.39, 0.29) is 18.5 Å². The molecule has 1 heterocycles. The fourth-order valence-electron chi connectivity index (χ4n) is 2.76. The predicted molar refractivity (Wildman–Crippen MR) is 106 cm³/mol. The maximum Gasteiger partial charge on any atom is 0.414 e. The van der Waals surface area contributed by atoms with Gasteiger partial charge in [-0.25, -0.2) is 4.79 Å². The van der Waals surface area contributed by atoms with Gasteiger partial charge in [0.15, 0.2) is 0 Å². The van der Waals surface area contributed by atoms with E-state index in [1.807, 2.05) is 55.5 Å². The molecule has 28 heavy (non-hydrogen) atoms. The van der Waals surface area contributed by atoms with E-state index in [1.54, 1.807) is 4.90 Å². The third-order valence-corrected chi connectivity index (χ3v) is 4.15. The third-order valence-electron chi connectivity index (χ3n) is 4.15. The Kier molecular flexibility index (Phi) is 6.53. The largest absolute Gasteiger partial charge is 0.494 e. The Balaban J connectivity index is 1.45. The van der Waals surface area contributed by atoms with Gasteiger partial charge in [0, 0.05) is 11.3 Å². The van der Waals surface area contributed by atoms with E-state index < -0.39 is 0 Å². The Labute approximate surface area is 164 Å². The fourth-order valence-corrected chi connectivity index (χ4v) is 2.76. The molecule has 0 unspecified atom stereocenters. The summed E-state index contributed by atoms with van der Waals surface area (Å²) in [5, 5.41) is 2.79. The molecule has 1 aliphatic heterocycles. The number of nitrogens with one attached hydrogen (secondary N) is 1. The van der Waals surface area contributed by atoms with Gasteiger partial charge < -0.3 is 14.8 Å². The molecule has 1 aliphatic rings. The Hall–Kier alpha value is -3.46. The average Bonchev–Trinajstić information content (AvgIpc) is 3.13. The highest BCUT2D eigenvalue weighted by molar-refractivity contribution is 5.89. The van der Waals surface area contributed by atoms with Gasteiger partial charge in [-0.3, -0.25) is 9.69 Å². The van der Waals surface area contributed by atoms with Gasteiger partial charge in [0.05, 0.1) is 26.1 Å². The molecular weight excluding hydrogens is 356 g/mol. The number of carbonyl (C=O) groups is 2. The van der Waals surface area contributed by atoms with Crippen molar-refractivity contribution >= 4 is 17.7 Å². The minimum atomic E-state index is -0.325. The molecule has 0 aromatic heterocycles. The van der Waals surface area contributed by atoms with Gasteiger partial charge >= 0.3 is 6.09 Å². The smallest absolute Gasteiger partial charge is 0.414 e. The van der Waals surface area contributed by atoms with Gasteiger partial charge in [-0.15, -0.1) is 0 Å². The van der Waals surface area contributed by atoms with Crippen molar-refractivity contribution in [3.8, 4) is 17.6 Å². The van der Waals surface area contributed by atoms with E-state index in [9.17, 15) is 9.59 Å². The quantitative estimate of drug-likeness (QED) is 0.785. The van der Waals surface area contributed by atoms with E-state index in [1.165, 1.54) is 0 Å². The molecule has 0 radical (unpaired) electrons. The lowest BCUT2D eigenvalue weighted by Gasteiger charge is -2.11. The van der Waals surface area contributed by atoms with Crippen molar-refractivity contribution in [3.63, 3.8) is 0 Å². The van der Waals surface area contributed by atoms with Crippen LogP contribution in [-0.4, -0.2) is 38.3 Å². The summed E-state index contributed by atoms with van der Waals surface area (Å²) in [5.41, 5.74) is 2.53. The predicted octanol–water partition coefficient (Wildman–Crippen LogP) is 2.75. The summed E-state index contributed by atoms with van der Waals surface area (Å²) in [6.07, 6.45) is -0.0246. The van der Waals surface area contributed by atoms with Crippen LogP contribution in [0.25, 0.3) is 0 Å². The van der Waals surface area contributed by atoms with Crippen LogP contribution in [0, 0.1) is 11.8 Å². The summed E-state index contributed by atoms with van der Waals surface area (Å²) in [5.74, 6) is 6.65. The summed E-state index contributed by atoms with van der Waals surface area (Å²) in [6, 6.07) is 14.8. The zero-order chi connectivity index (χ0) is 19.8. The van der Waals surface area contributed by atoms with Gasteiger partial charge in [-0.1, -0.05) is 24.0 Å². The molecule has 2 aromatic rings. The van der Waals surface area contributed by atoms with Crippen molar-refractivity contribution in [3.05, 3.63) is 59.7 Å². The number of nitrogens with zero attached hydrogens (tertiary/aromatic N) is 1. The summed E-state index contributed by atoms with van der Waals surface area (Å²) >= 11 is 0. The monoisotopic (exact) mass is 378 g/mol. The Morgan fingerprint density at radius 1 is 1.18 bits per heavy atom. The Morgan fingerprint density at radius 2 is 1.93 bits per heavy atom. The zero-order valence-corrected chi connectivity index (χ0v) is 15.7. The molecule has 0 saturated carbocycles. The van der Waals surface area contributed by atoms with E-state index in [0.717, 1.165) is 22.6 Å². The average molecular weight is 378 g/mol. The van der Waals surface area contributed by atoms with Crippen LogP contribution in [0.2, 0.25) is 0 Å². The highest BCUT2D eigenvalue weighted by Gasteiger charge is 2.23. The van der Waals surface area contributed by atoms with E-state index in [4.69, 9.17) is 9.47 Å². The highest BCUT2D eigenvalue weighted by atomic mass is 16.6. The molecule has 0 aliphatic carbocycles. The topological polar surface area (TPSA) is 67.9 Å². The van der Waals surface area contributed by atoms with Gasteiger partial charge in [0.2, 0.25) is 5.91 Å². The maximum atomic E-state index is 12.0. The molecule has 1 N–H and O–H groups in total. The molecule has 0 atom stereocenters. The van der Waals surface area contributed by atoms with Gasteiger partial charge in [0.1, 0.15) is 12.4 Å². The lowest BCUT2D eigenvalue weighted by atomic mass is 10.1. The number of carbonyl (C=O) groups excluding carboxylic acids is 2. The van der Waals surface area contributed by atoms with Crippen molar-refractivity contribution in [1.82, 2.24) is 5.32 Å².